The average molecular weight is 289 g/mol. The smallest absolute Gasteiger partial charge is 0.0619 e. The topological polar surface area (TPSA) is 21.3 Å². The van der Waals surface area contributed by atoms with Crippen LogP contribution in [-0.2, 0) is 4.74 Å². The highest BCUT2D eigenvalue weighted by atomic mass is 16.5. The van der Waals surface area contributed by atoms with Gasteiger partial charge in [0.15, 0.2) is 0 Å². The minimum atomic E-state index is 0.402. The summed E-state index contributed by atoms with van der Waals surface area (Å²) in [7, 11) is 0. The number of rotatable bonds is 6. The Morgan fingerprint density at radius 1 is 1.19 bits per heavy atom. The van der Waals surface area contributed by atoms with Gasteiger partial charge >= 0.3 is 0 Å². The van der Waals surface area contributed by atoms with Crippen LogP contribution in [0.2, 0.25) is 0 Å². The third-order valence-electron chi connectivity index (χ3n) is 4.75. The molecule has 2 heteroatoms. The Morgan fingerprint density at radius 2 is 1.86 bits per heavy atom. The Morgan fingerprint density at radius 3 is 2.43 bits per heavy atom. The summed E-state index contributed by atoms with van der Waals surface area (Å²) < 4.78 is 5.96. The summed E-state index contributed by atoms with van der Waals surface area (Å²) in [6.45, 7) is 13.2. The summed E-state index contributed by atoms with van der Waals surface area (Å²) in [6, 6.07) is 5.07. The fraction of sp³-hybridized carbons (Fsp3) is 0.684. The van der Waals surface area contributed by atoms with Crippen LogP contribution in [0.3, 0.4) is 0 Å². The quantitative estimate of drug-likeness (QED) is 0.834. The largest absolute Gasteiger partial charge is 0.378 e. The summed E-state index contributed by atoms with van der Waals surface area (Å²) in [5.41, 5.74) is 5.70. The molecule has 3 unspecified atom stereocenters. The summed E-state index contributed by atoms with van der Waals surface area (Å²) in [6.07, 6.45) is 3.86. The molecule has 1 saturated heterocycles. The minimum Gasteiger partial charge on any atom is -0.378 e. The van der Waals surface area contributed by atoms with Gasteiger partial charge in [-0.15, -0.1) is 0 Å². The second-order valence-electron chi connectivity index (χ2n) is 6.51. The maximum absolute atomic E-state index is 5.96. The van der Waals surface area contributed by atoms with Gasteiger partial charge in [-0.05, 0) is 63.3 Å². The van der Waals surface area contributed by atoms with E-state index < -0.39 is 0 Å². The molecule has 1 aliphatic heterocycles. The van der Waals surface area contributed by atoms with E-state index >= 15 is 0 Å². The van der Waals surface area contributed by atoms with Gasteiger partial charge in [-0.3, -0.25) is 0 Å². The van der Waals surface area contributed by atoms with Crippen LogP contribution in [0.1, 0.15) is 61.4 Å². The second kappa shape index (κ2) is 7.42. The molecule has 0 aliphatic carbocycles. The maximum Gasteiger partial charge on any atom is 0.0619 e. The molecule has 3 atom stereocenters. The number of aryl methyl sites for hydroxylation is 3. The monoisotopic (exact) mass is 289 g/mol. The molecule has 2 nitrogen and oxygen atoms in total. The van der Waals surface area contributed by atoms with Gasteiger partial charge in [0.05, 0.1) is 6.10 Å². The van der Waals surface area contributed by atoms with Gasteiger partial charge in [0, 0.05) is 18.6 Å². The van der Waals surface area contributed by atoms with Crippen molar-refractivity contribution in [3.8, 4) is 0 Å². The highest BCUT2D eigenvalue weighted by molar-refractivity contribution is 5.40. The number of hydrogen-bond acceptors (Lipinski definition) is 2. The Bertz CT molecular complexity index is 446. The fourth-order valence-corrected chi connectivity index (χ4v) is 3.92. The predicted octanol–water partition coefficient (Wildman–Crippen LogP) is 4.47. The first kappa shape index (κ1) is 16.5. The molecule has 1 aliphatic rings. The van der Waals surface area contributed by atoms with E-state index in [0.29, 0.717) is 18.1 Å². The summed E-state index contributed by atoms with van der Waals surface area (Å²) in [5, 5.41) is 3.81. The van der Waals surface area contributed by atoms with Crippen LogP contribution in [0.25, 0.3) is 0 Å². The van der Waals surface area contributed by atoms with Crippen LogP contribution in [0.5, 0.6) is 0 Å². The van der Waals surface area contributed by atoms with Gasteiger partial charge in [0.2, 0.25) is 0 Å². The van der Waals surface area contributed by atoms with Crippen molar-refractivity contribution in [1.82, 2.24) is 5.32 Å². The molecule has 0 amide bonds. The Balaban J connectivity index is 2.36. The molecule has 2 rings (SSSR count). The third kappa shape index (κ3) is 3.67. The van der Waals surface area contributed by atoms with Crippen molar-refractivity contribution in [3.05, 3.63) is 34.4 Å². The first-order valence-corrected chi connectivity index (χ1v) is 8.51. The molecule has 0 saturated carbocycles. The molecular weight excluding hydrogens is 258 g/mol. The Kier molecular flexibility index (Phi) is 5.83. The van der Waals surface area contributed by atoms with Crippen LogP contribution in [0.15, 0.2) is 12.1 Å². The van der Waals surface area contributed by atoms with Crippen LogP contribution in [-0.4, -0.2) is 19.3 Å². The highest BCUT2D eigenvalue weighted by Crippen LogP contribution is 2.37. The van der Waals surface area contributed by atoms with Gasteiger partial charge in [0.1, 0.15) is 0 Å². The van der Waals surface area contributed by atoms with Crippen LogP contribution in [0.4, 0.5) is 0 Å². The SMILES string of the molecule is CCCNC(c1c(C)cc(C)cc1C)C1CCOC1CC. The van der Waals surface area contributed by atoms with E-state index in [1.807, 2.05) is 0 Å². The predicted molar refractivity (Wildman–Crippen MR) is 89.8 cm³/mol. The van der Waals surface area contributed by atoms with Crippen molar-refractivity contribution in [2.45, 2.75) is 66.0 Å². The van der Waals surface area contributed by atoms with E-state index in [1.165, 1.54) is 35.1 Å². The zero-order valence-electron chi connectivity index (χ0n) is 14.3. The third-order valence-corrected chi connectivity index (χ3v) is 4.75. The molecular formula is C19H31NO. The minimum absolute atomic E-state index is 0.402. The summed E-state index contributed by atoms with van der Waals surface area (Å²) >= 11 is 0. The number of benzene rings is 1. The lowest BCUT2D eigenvalue weighted by Crippen LogP contribution is -2.34. The number of ether oxygens (including phenoxy) is 1. The van der Waals surface area contributed by atoms with Gasteiger partial charge in [-0.25, -0.2) is 0 Å². The fourth-order valence-electron chi connectivity index (χ4n) is 3.92. The normalized spacial score (nSPS) is 23.5. The lowest BCUT2D eigenvalue weighted by molar-refractivity contribution is 0.0772. The van der Waals surface area contributed by atoms with Crippen LogP contribution in [0, 0.1) is 26.7 Å². The lowest BCUT2D eigenvalue weighted by Gasteiger charge is -2.31. The standard InChI is InChI=1S/C19H31NO/c1-6-9-20-19(16-8-10-21-17(16)7-2)18-14(4)11-13(3)12-15(18)5/h11-12,16-17,19-20H,6-10H2,1-5H3. The van der Waals surface area contributed by atoms with Crippen molar-refractivity contribution >= 4 is 0 Å². The van der Waals surface area contributed by atoms with Crippen molar-refractivity contribution in [2.75, 3.05) is 13.2 Å². The van der Waals surface area contributed by atoms with Crippen molar-refractivity contribution in [1.29, 1.82) is 0 Å². The molecule has 1 aromatic carbocycles. The zero-order valence-corrected chi connectivity index (χ0v) is 14.3. The molecule has 118 valence electrons. The van der Waals surface area contributed by atoms with E-state index in [0.717, 1.165) is 19.6 Å². The molecule has 0 spiro atoms. The van der Waals surface area contributed by atoms with Crippen LogP contribution < -0.4 is 5.32 Å². The maximum atomic E-state index is 5.96. The van der Waals surface area contributed by atoms with Crippen molar-refractivity contribution in [3.63, 3.8) is 0 Å². The van der Waals surface area contributed by atoms with E-state index in [1.54, 1.807) is 0 Å². The zero-order chi connectivity index (χ0) is 15.4. The van der Waals surface area contributed by atoms with E-state index in [9.17, 15) is 0 Å². The van der Waals surface area contributed by atoms with Crippen molar-refractivity contribution in [2.24, 2.45) is 5.92 Å². The Labute approximate surface area is 130 Å². The lowest BCUT2D eigenvalue weighted by atomic mass is 9.82. The molecule has 0 radical (unpaired) electrons. The van der Waals surface area contributed by atoms with Crippen molar-refractivity contribution < 1.29 is 4.74 Å². The summed E-state index contributed by atoms with van der Waals surface area (Å²) in [5.74, 6) is 0.599. The van der Waals surface area contributed by atoms with Gasteiger partial charge in [-0.1, -0.05) is 31.5 Å². The van der Waals surface area contributed by atoms with E-state index in [-0.39, 0.29) is 0 Å². The van der Waals surface area contributed by atoms with Gasteiger partial charge < -0.3 is 10.1 Å². The van der Waals surface area contributed by atoms with E-state index in [2.05, 4.69) is 52.1 Å². The molecule has 1 fully saturated rings. The molecule has 1 aromatic rings. The average Bonchev–Trinajstić information content (AvgIpc) is 2.89. The molecule has 0 bridgehead atoms. The first-order chi connectivity index (χ1) is 10.1. The highest BCUT2D eigenvalue weighted by Gasteiger charge is 2.35. The molecule has 0 aromatic heterocycles. The molecule has 21 heavy (non-hydrogen) atoms. The first-order valence-electron chi connectivity index (χ1n) is 8.51. The molecule has 1 heterocycles. The van der Waals surface area contributed by atoms with Gasteiger partial charge in [-0.2, -0.15) is 0 Å². The number of nitrogens with one attached hydrogen (secondary N) is 1. The van der Waals surface area contributed by atoms with Gasteiger partial charge in [0.25, 0.3) is 0 Å². The summed E-state index contributed by atoms with van der Waals surface area (Å²) in [4.78, 5) is 0. The van der Waals surface area contributed by atoms with Crippen LogP contribution >= 0.6 is 0 Å². The number of hydrogen-bond donors (Lipinski definition) is 1. The van der Waals surface area contributed by atoms with E-state index in [4.69, 9.17) is 4.74 Å². The Hall–Kier alpha value is -0.860. The second-order valence-corrected chi connectivity index (χ2v) is 6.51. The molecule has 1 N–H and O–H groups in total.